The second-order valence-electron chi connectivity index (χ2n) is 4.44. The van der Waals surface area contributed by atoms with Gasteiger partial charge in [0.2, 0.25) is 5.95 Å². The molecule has 0 bridgehead atoms. The summed E-state index contributed by atoms with van der Waals surface area (Å²) in [5.41, 5.74) is 2.11. The van der Waals surface area contributed by atoms with E-state index in [9.17, 15) is 4.39 Å². The minimum atomic E-state index is -0.449. The van der Waals surface area contributed by atoms with Crippen molar-refractivity contribution in [1.82, 2.24) is 4.98 Å². The topological polar surface area (TPSA) is 24.9 Å². The third-order valence-corrected chi connectivity index (χ3v) is 2.85. The molecule has 2 rings (SSSR count). The zero-order valence-electron chi connectivity index (χ0n) is 10.4. The number of halogens is 1. The Hall–Kier alpha value is -1.90. The fourth-order valence-corrected chi connectivity index (χ4v) is 1.88. The molecule has 0 saturated carbocycles. The Morgan fingerprint density at radius 3 is 2.72 bits per heavy atom. The Bertz CT molecular complexity index is 485. The van der Waals surface area contributed by atoms with Crippen LogP contribution in [0.25, 0.3) is 0 Å². The molecule has 0 spiro atoms. The van der Waals surface area contributed by atoms with Gasteiger partial charge < -0.3 is 5.32 Å². The molecule has 3 heteroatoms. The molecule has 0 aliphatic carbocycles. The second kappa shape index (κ2) is 6.15. The van der Waals surface area contributed by atoms with Gasteiger partial charge in [-0.2, -0.15) is 4.39 Å². The molecular formula is C15H17FN2. The van der Waals surface area contributed by atoms with Crippen LogP contribution in [-0.4, -0.2) is 11.0 Å². The quantitative estimate of drug-likeness (QED) is 0.812. The lowest BCUT2D eigenvalue weighted by molar-refractivity contribution is 0.583. The van der Waals surface area contributed by atoms with E-state index in [1.807, 2.05) is 18.2 Å². The number of nitrogens with zero attached hydrogens (tertiary/aromatic N) is 1. The summed E-state index contributed by atoms with van der Waals surface area (Å²) in [5, 5.41) is 3.27. The number of pyridine rings is 1. The van der Waals surface area contributed by atoms with E-state index in [2.05, 4.69) is 29.4 Å². The number of aryl methyl sites for hydroxylation is 1. The molecule has 0 saturated heterocycles. The molecule has 0 radical (unpaired) electrons. The van der Waals surface area contributed by atoms with Gasteiger partial charge in [0.15, 0.2) is 0 Å². The van der Waals surface area contributed by atoms with E-state index in [4.69, 9.17) is 0 Å². The molecule has 1 heterocycles. The maximum atomic E-state index is 12.9. The normalized spacial score (nSPS) is 12.1. The van der Waals surface area contributed by atoms with Gasteiger partial charge in [0.1, 0.15) is 0 Å². The van der Waals surface area contributed by atoms with E-state index in [0.29, 0.717) is 6.04 Å². The first-order chi connectivity index (χ1) is 8.74. The molecular weight excluding hydrogens is 227 g/mol. The van der Waals surface area contributed by atoms with Crippen LogP contribution < -0.4 is 5.32 Å². The van der Waals surface area contributed by atoms with Gasteiger partial charge in [0.25, 0.3) is 0 Å². The van der Waals surface area contributed by atoms with Crippen molar-refractivity contribution >= 4 is 5.69 Å². The number of benzene rings is 1. The minimum Gasteiger partial charge on any atom is -0.382 e. The van der Waals surface area contributed by atoms with Crippen molar-refractivity contribution in [1.29, 1.82) is 0 Å². The first-order valence-corrected chi connectivity index (χ1v) is 6.16. The number of hydrogen-bond acceptors (Lipinski definition) is 2. The monoisotopic (exact) mass is 244 g/mol. The van der Waals surface area contributed by atoms with E-state index in [-0.39, 0.29) is 0 Å². The van der Waals surface area contributed by atoms with Crippen LogP contribution in [0.3, 0.4) is 0 Å². The van der Waals surface area contributed by atoms with E-state index < -0.39 is 5.95 Å². The van der Waals surface area contributed by atoms with Crippen LogP contribution in [0.5, 0.6) is 0 Å². The molecule has 2 aromatic rings. The van der Waals surface area contributed by atoms with Crippen LogP contribution in [0.15, 0.2) is 48.7 Å². The predicted octanol–water partition coefficient (Wildman–Crippen LogP) is 3.65. The SMILES string of the molecule is CC(CCc1ccccc1)Nc1ccnc(F)c1. The van der Waals surface area contributed by atoms with Gasteiger partial charge in [-0.3, -0.25) is 0 Å². The van der Waals surface area contributed by atoms with E-state index >= 15 is 0 Å². The third-order valence-electron chi connectivity index (χ3n) is 2.85. The van der Waals surface area contributed by atoms with Crippen molar-refractivity contribution in [3.05, 3.63) is 60.2 Å². The number of anilines is 1. The lowest BCUT2D eigenvalue weighted by Crippen LogP contribution is -2.16. The fourth-order valence-electron chi connectivity index (χ4n) is 1.88. The molecule has 1 unspecified atom stereocenters. The molecule has 1 N–H and O–H groups in total. The van der Waals surface area contributed by atoms with Crippen LogP contribution in [-0.2, 0) is 6.42 Å². The molecule has 0 fully saturated rings. The Morgan fingerprint density at radius 2 is 2.00 bits per heavy atom. The zero-order chi connectivity index (χ0) is 12.8. The first-order valence-electron chi connectivity index (χ1n) is 6.16. The fraction of sp³-hybridized carbons (Fsp3) is 0.267. The lowest BCUT2D eigenvalue weighted by Gasteiger charge is -2.15. The van der Waals surface area contributed by atoms with Crippen molar-refractivity contribution in [3.63, 3.8) is 0 Å². The first kappa shape index (κ1) is 12.6. The molecule has 1 atom stereocenters. The smallest absolute Gasteiger partial charge is 0.214 e. The average molecular weight is 244 g/mol. The molecule has 0 aliphatic rings. The predicted molar refractivity (Wildman–Crippen MR) is 72.0 cm³/mol. The van der Waals surface area contributed by atoms with Crippen LogP contribution in [0.4, 0.5) is 10.1 Å². The van der Waals surface area contributed by atoms with Gasteiger partial charge in [0.05, 0.1) is 0 Å². The van der Waals surface area contributed by atoms with Crippen molar-refractivity contribution in [2.24, 2.45) is 0 Å². The highest BCUT2D eigenvalue weighted by molar-refractivity contribution is 5.42. The Labute approximate surface area is 107 Å². The van der Waals surface area contributed by atoms with Gasteiger partial charge in [0, 0.05) is 24.0 Å². The summed E-state index contributed by atoms with van der Waals surface area (Å²) in [4.78, 5) is 3.53. The summed E-state index contributed by atoms with van der Waals surface area (Å²) in [6, 6.07) is 13.9. The Balaban J connectivity index is 1.84. The van der Waals surface area contributed by atoms with E-state index in [1.54, 1.807) is 6.07 Å². The van der Waals surface area contributed by atoms with Gasteiger partial charge >= 0.3 is 0 Å². The Morgan fingerprint density at radius 1 is 1.22 bits per heavy atom. The van der Waals surface area contributed by atoms with E-state index in [0.717, 1.165) is 18.5 Å². The van der Waals surface area contributed by atoms with Gasteiger partial charge in [-0.15, -0.1) is 0 Å². The molecule has 2 nitrogen and oxygen atoms in total. The lowest BCUT2D eigenvalue weighted by atomic mass is 10.1. The van der Waals surface area contributed by atoms with Crippen LogP contribution in [0.2, 0.25) is 0 Å². The number of aromatic nitrogens is 1. The van der Waals surface area contributed by atoms with E-state index in [1.165, 1.54) is 17.8 Å². The summed E-state index contributed by atoms with van der Waals surface area (Å²) in [6.45, 7) is 2.10. The molecule has 1 aromatic heterocycles. The molecule has 0 aliphatic heterocycles. The second-order valence-corrected chi connectivity index (χ2v) is 4.44. The van der Waals surface area contributed by atoms with Gasteiger partial charge in [-0.05, 0) is 31.4 Å². The highest BCUT2D eigenvalue weighted by Crippen LogP contribution is 2.12. The molecule has 1 aromatic carbocycles. The zero-order valence-corrected chi connectivity index (χ0v) is 10.4. The summed E-state index contributed by atoms with van der Waals surface area (Å²) in [6.07, 6.45) is 3.50. The maximum absolute atomic E-state index is 12.9. The Kier molecular flexibility index (Phi) is 4.29. The van der Waals surface area contributed by atoms with Crippen LogP contribution in [0.1, 0.15) is 18.9 Å². The summed E-state index contributed by atoms with van der Waals surface area (Å²) >= 11 is 0. The average Bonchev–Trinajstić information content (AvgIpc) is 2.38. The van der Waals surface area contributed by atoms with Crippen molar-refractivity contribution in [3.8, 4) is 0 Å². The highest BCUT2D eigenvalue weighted by Gasteiger charge is 2.03. The number of nitrogens with one attached hydrogen (secondary N) is 1. The van der Waals surface area contributed by atoms with Gasteiger partial charge in [-0.25, -0.2) is 4.98 Å². The van der Waals surface area contributed by atoms with Crippen LogP contribution >= 0.6 is 0 Å². The van der Waals surface area contributed by atoms with Crippen molar-refractivity contribution in [2.75, 3.05) is 5.32 Å². The van der Waals surface area contributed by atoms with Crippen molar-refractivity contribution < 1.29 is 4.39 Å². The maximum Gasteiger partial charge on any atom is 0.214 e. The summed E-state index contributed by atoms with van der Waals surface area (Å²) < 4.78 is 12.9. The van der Waals surface area contributed by atoms with Crippen LogP contribution in [0, 0.1) is 5.95 Å². The van der Waals surface area contributed by atoms with Crippen molar-refractivity contribution in [2.45, 2.75) is 25.8 Å². The largest absolute Gasteiger partial charge is 0.382 e. The highest BCUT2D eigenvalue weighted by atomic mass is 19.1. The number of hydrogen-bond donors (Lipinski definition) is 1. The molecule has 0 amide bonds. The molecule has 94 valence electrons. The number of rotatable bonds is 5. The summed E-state index contributed by atoms with van der Waals surface area (Å²) in [5.74, 6) is -0.449. The third kappa shape index (κ3) is 3.84. The minimum absolute atomic E-state index is 0.298. The van der Waals surface area contributed by atoms with Gasteiger partial charge in [-0.1, -0.05) is 30.3 Å². The summed E-state index contributed by atoms with van der Waals surface area (Å²) in [7, 11) is 0. The standard InChI is InChI=1S/C15H17FN2/c1-12(7-8-13-5-3-2-4-6-13)18-14-9-10-17-15(16)11-14/h2-6,9-12H,7-8H2,1H3,(H,17,18). The molecule has 18 heavy (non-hydrogen) atoms.